The van der Waals surface area contributed by atoms with Crippen LogP contribution in [0.5, 0.6) is 0 Å². The second-order valence-electron chi connectivity index (χ2n) is 7.23. The summed E-state index contributed by atoms with van der Waals surface area (Å²) in [5.41, 5.74) is 0. The fourth-order valence-electron chi connectivity index (χ4n) is 4.39. The van der Waals surface area contributed by atoms with E-state index in [2.05, 4.69) is 21.3 Å². The second-order valence-corrected chi connectivity index (χ2v) is 7.60. The number of thiocarbonyl (C=S) groups is 1. The molecule has 1 saturated heterocycles. The molecular formula is C18H31N3S. The van der Waals surface area contributed by atoms with E-state index in [9.17, 15) is 0 Å². The first-order valence-electron chi connectivity index (χ1n) is 9.20. The number of hydrogen-bond acceptors (Lipinski definition) is 2. The maximum Gasteiger partial charge on any atom is 0.174 e. The van der Waals surface area contributed by atoms with Crippen molar-refractivity contribution in [3.63, 3.8) is 0 Å². The summed E-state index contributed by atoms with van der Waals surface area (Å²) in [6.07, 6.45) is 15.6. The fourth-order valence-corrected chi connectivity index (χ4v) is 4.80. The minimum Gasteiger partial charge on any atom is -0.333 e. The maximum absolute atomic E-state index is 5.95. The Hall–Kier alpha value is -0.610. The predicted octanol–water partition coefficient (Wildman–Crippen LogP) is 3.96. The molecule has 0 aromatic carbocycles. The van der Waals surface area contributed by atoms with Crippen molar-refractivity contribution >= 4 is 17.3 Å². The van der Waals surface area contributed by atoms with E-state index in [1.54, 1.807) is 0 Å². The van der Waals surface area contributed by atoms with Crippen molar-refractivity contribution < 1.29 is 0 Å². The highest BCUT2D eigenvalue weighted by Crippen LogP contribution is 2.30. The van der Waals surface area contributed by atoms with Crippen LogP contribution in [0.1, 0.15) is 64.2 Å². The smallest absolute Gasteiger partial charge is 0.174 e. The van der Waals surface area contributed by atoms with Gasteiger partial charge in [0.1, 0.15) is 0 Å². The van der Waals surface area contributed by atoms with E-state index in [0.29, 0.717) is 12.1 Å². The zero-order valence-electron chi connectivity index (χ0n) is 13.9. The van der Waals surface area contributed by atoms with Crippen LogP contribution in [0.3, 0.4) is 0 Å². The van der Waals surface area contributed by atoms with Crippen molar-refractivity contribution in [2.45, 2.75) is 76.3 Å². The Morgan fingerprint density at radius 2 is 1.32 bits per heavy atom. The van der Waals surface area contributed by atoms with Crippen molar-refractivity contribution in [1.29, 1.82) is 0 Å². The summed E-state index contributed by atoms with van der Waals surface area (Å²) in [4.78, 5) is 7.58. The van der Waals surface area contributed by atoms with E-state index in [0.717, 1.165) is 25.0 Å². The number of rotatable bonds is 4. The van der Waals surface area contributed by atoms with Gasteiger partial charge in [0, 0.05) is 18.6 Å². The summed E-state index contributed by atoms with van der Waals surface area (Å²) in [5, 5.41) is 1.14. The average molecular weight is 322 g/mol. The molecule has 2 saturated carbocycles. The molecule has 0 aromatic heterocycles. The molecule has 0 amide bonds. The van der Waals surface area contributed by atoms with Gasteiger partial charge in [0.25, 0.3) is 0 Å². The van der Waals surface area contributed by atoms with E-state index in [4.69, 9.17) is 12.2 Å². The number of hydrogen-bond donors (Lipinski definition) is 0. The van der Waals surface area contributed by atoms with Gasteiger partial charge in [-0.15, -0.1) is 6.58 Å². The van der Waals surface area contributed by atoms with Gasteiger partial charge in [-0.25, -0.2) is 0 Å². The minimum absolute atomic E-state index is 0.667. The van der Waals surface area contributed by atoms with Gasteiger partial charge >= 0.3 is 0 Å². The van der Waals surface area contributed by atoms with Gasteiger partial charge in [-0.05, 0) is 37.9 Å². The Labute approximate surface area is 141 Å². The Morgan fingerprint density at radius 1 is 0.864 bits per heavy atom. The van der Waals surface area contributed by atoms with Crippen LogP contribution < -0.4 is 0 Å². The van der Waals surface area contributed by atoms with E-state index in [1.165, 1.54) is 64.2 Å². The van der Waals surface area contributed by atoms with Crippen LogP contribution >= 0.6 is 12.2 Å². The standard InChI is InChI=1S/C18H31N3S/c1-2-13-19-14-20(16-9-5-3-6-10-16)18(22)21(15-19)17-11-7-4-8-12-17/h2,16-17H,1,3-15H2. The SMILES string of the molecule is C=CCN1CN(C2CCCCC2)C(=S)N(C2CCCCC2)C1. The first-order valence-corrected chi connectivity index (χ1v) is 9.61. The van der Waals surface area contributed by atoms with Crippen molar-refractivity contribution in [3.8, 4) is 0 Å². The van der Waals surface area contributed by atoms with Crippen molar-refractivity contribution in [2.75, 3.05) is 19.9 Å². The zero-order valence-corrected chi connectivity index (χ0v) is 14.7. The predicted molar refractivity (Wildman–Crippen MR) is 96.7 cm³/mol. The van der Waals surface area contributed by atoms with Gasteiger partial charge in [-0.1, -0.05) is 44.6 Å². The Balaban J connectivity index is 1.72. The third-order valence-corrected chi connectivity index (χ3v) is 6.08. The highest BCUT2D eigenvalue weighted by atomic mass is 32.1. The summed E-state index contributed by atoms with van der Waals surface area (Å²) in [5.74, 6) is 0. The highest BCUT2D eigenvalue weighted by molar-refractivity contribution is 7.80. The summed E-state index contributed by atoms with van der Waals surface area (Å²) in [6.45, 7) is 6.90. The minimum atomic E-state index is 0.667. The van der Waals surface area contributed by atoms with Gasteiger partial charge in [-0.3, -0.25) is 4.90 Å². The van der Waals surface area contributed by atoms with Crippen LogP contribution in [-0.2, 0) is 0 Å². The molecule has 3 aliphatic rings. The molecule has 22 heavy (non-hydrogen) atoms. The van der Waals surface area contributed by atoms with Crippen molar-refractivity contribution in [1.82, 2.24) is 14.7 Å². The summed E-state index contributed by atoms with van der Waals surface area (Å²) < 4.78 is 0. The van der Waals surface area contributed by atoms with Crippen LogP contribution in [0.2, 0.25) is 0 Å². The lowest BCUT2D eigenvalue weighted by Gasteiger charge is -2.51. The topological polar surface area (TPSA) is 9.72 Å². The van der Waals surface area contributed by atoms with Gasteiger partial charge < -0.3 is 9.80 Å². The Bertz CT molecular complexity index is 356. The Kier molecular flexibility index (Phi) is 5.75. The third kappa shape index (κ3) is 3.65. The van der Waals surface area contributed by atoms with E-state index < -0.39 is 0 Å². The van der Waals surface area contributed by atoms with E-state index >= 15 is 0 Å². The monoisotopic (exact) mass is 321 g/mol. The normalized spacial score (nSPS) is 26.5. The average Bonchev–Trinajstić information content (AvgIpc) is 2.58. The van der Waals surface area contributed by atoms with Gasteiger partial charge in [-0.2, -0.15) is 0 Å². The lowest BCUT2D eigenvalue weighted by atomic mass is 9.93. The molecule has 0 unspecified atom stereocenters. The lowest BCUT2D eigenvalue weighted by molar-refractivity contribution is 0.0360. The van der Waals surface area contributed by atoms with Gasteiger partial charge in [0.05, 0.1) is 13.3 Å². The largest absolute Gasteiger partial charge is 0.333 e. The first kappa shape index (κ1) is 16.3. The lowest BCUT2D eigenvalue weighted by Crippen LogP contribution is -2.63. The quantitative estimate of drug-likeness (QED) is 0.572. The highest BCUT2D eigenvalue weighted by Gasteiger charge is 2.35. The third-order valence-electron chi connectivity index (χ3n) is 5.61. The molecule has 0 aromatic rings. The van der Waals surface area contributed by atoms with Gasteiger partial charge in [0.15, 0.2) is 5.11 Å². The molecule has 0 radical (unpaired) electrons. The molecule has 2 aliphatic carbocycles. The number of nitrogens with zero attached hydrogens (tertiary/aromatic N) is 3. The maximum atomic E-state index is 5.95. The summed E-state index contributed by atoms with van der Waals surface area (Å²) in [6, 6.07) is 1.33. The van der Waals surface area contributed by atoms with Crippen LogP contribution in [0, 0.1) is 0 Å². The molecule has 124 valence electrons. The molecule has 1 heterocycles. The second kappa shape index (κ2) is 7.78. The van der Waals surface area contributed by atoms with E-state index in [-0.39, 0.29) is 0 Å². The van der Waals surface area contributed by atoms with Crippen LogP contribution in [-0.4, -0.2) is 51.8 Å². The van der Waals surface area contributed by atoms with Crippen LogP contribution in [0.4, 0.5) is 0 Å². The fraction of sp³-hybridized carbons (Fsp3) is 0.833. The summed E-state index contributed by atoms with van der Waals surface area (Å²) >= 11 is 5.95. The van der Waals surface area contributed by atoms with Crippen LogP contribution in [0.25, 0.3) is 0 Å². The van der Waals surface area contributed by atoms with Crippen molar-refractivity contribution in [3.05, 3.63) is 12.7 Å². The molecule has 0 spiro atoms. The van der Waals surface area contributed by atoms with Gasteiger partial charge in [0.2, 0.25) is 0 Å². The van der Waals surface area contributed by atoms with Crippen LogP contribution in [0.15, 0.2) is 12.7 Å². The molecular weight excluding hydrogens is 290 g/mol. The Morgan fingerprint density at radius 3 is 1.73 bits per heavy atom. The summed E-state index contributed by atoms with van der Waals surface area (Å²) in [7, 11) is 0. The molecule has 3 nitrogen and oxygen atoms in total. The zero-order chi connectivity index (χ0) is 15.4. The first-order chi connectivity index (χ1) is 10.8. The molecule has 0 bridgehead atoms. The van der Waals surface area contributed by atoms with E-state index in [1.807, 2.05) is 6.08 Å². The molecule has 3 rings (SSSR count). The molecule has 0 N–H and O–H groups in total. The molecule has 0 atom stereocenters. The molecule has 4 heteroatoms. The molecule has 3 fully saturated rings. The van der Waals surface area contributed by atoms with Crippen molar-refractivity contribution in [2.24, 2.45) is 0 Å². The molecule has 1 aliphatic heterocycles.